The van der Waals surface area contributed by atoms with Gasteiger partial charge in [0, 0.05) is 18.7 Å². The van der Waals surface area contributed by atoms with E-state index >= 15 is 0 Å². The van der Waals surface area contributed by atoms with E-state index in [1.807, 2.05) is 26.8 Å². The Morgan fingerprint density at radius 2 is 1.83 bits per heavy atom. The number of aryl methyl sites for hydroxylation is 2. The van der Waals surface area contributed by atoms with Crippen LogP contribution in [0.4, 0.5) is 0 Å². The maximum absolute atomic E-state index is 13.0. The van der Waals surface area contributed by atoms with Crippen LogP contribution in [0.1, 0.15) is 66.2 Å². The van der Waals surface area contributed by atoms with Crippen molar-refractivity contribution in [1.82, 2.24) is 9.62 Å². The topological polar surface area (TPSA) is 66.5 Å². The molecule has 1 heterocycles. The monoisotopic (exact) mass is 428 g/mol. The molecule has 1 aliphatic heterocycles. The number of piperidine rings is 1. The van der Waals surface area contributed by atoms with E-state index in [-0.39, 0.29) is 16.8 Å². The predicted octanol–water partition coefficient (Wildman–Crippen LogP) is 4.61. The van der Waals surface area contributed by atoms with Gasteiger partial charge in [-0.2, -0.15) is 4.31 Å². The summed E-state index contributed by atoms with van der Waals surface area (Å²) in [6, 6.07) is 12.5. The fraction of sp³-hybridized carbons (Fsp3) is 0.458. The van der Waals surface area contributed by atoms with Crippen molar-refractivity contribution in [3.8, 4) is 0 Å². The summed E-state index contributed by atoms with van der Waals surface area (Å²) >= 11 is 0. The maximum atomic E-state index is 13.0. The number of benzene rings is 2. The molecule has 2 aromatic rings. The number of amides is 1. The van der Waals surface area contributed by atoms with E-state index in [1.165, 1.54) is 15.9 Å². The quantitative estimate of drug-likeness (QED) is 0.731. The molecule has 30 heavy (non-hydrogen) atoms. The molecule has 1 fully saturated rings. The van der Waals surface area contributed by atoms with Crippen LogP contribution in [-0.4, -0.2) is 31.7 Å². The summed E-state index contributed by atoms with van der Waals surface area (Å²) in [6.45, 7) is 9.33. The lowest BCUT2D eigenvalue weighted by atomic mass is 9.97. The van der Waals surface area contributed by atoms with Gasteiger partial charge in [0.1, 0.15) is 0 Å². The van der Waals surface area contributed by atoms with Crippen molar-refractivity contribution in [3.63, 3.8) is 0 Å². The normalized spacial score (nSPS) is 16.9. The summed E-state index contributed by atoms with van der Waals surface area (Å²) in [7, 11) is -3.59. The molecule has 0 aromatic heterocycles. The Morgan fingerprint density at radius 3 is 2.47 bits per heavy atom. The third-order valence-electron chi connectivity index (χ3n) is 5.99. The number of carbonyl (C=O) groups is 1. The molecular weight excluding hydrogens is 396 g/mol. The number of hydrogen-bond donors (Lipinski definition) is 1. The molecule has 0 aliphatic carbocycles. The van der Waals surface area contributed by atoms with Crippen LogP contribution in [0.25, 0.3) is 0 Å². The average Bonchev–Trinajstić information content (AvgIpc) is 2.72. The largest absolute Gasteiger partial charge is 0.345 e. The highest BCUT2D eigenvalue weighted by molar-refractivity contribution is 7.89. The first-order valence-corrected chi connectivity index (χ1v) is 12.1. The van der Waals surface area contributed by atoms with Crippen LogP contribution in [0.15, 0.2) is 47.4 Å². The second-order valence-electron chi connectivity index (χ2n) is 8.41. The predicted molar refractivity (Wildman–Crippen MR) is 120 cm³/mol. The third-order valence-corrected chi connectivity index (χ3v) is 7.89. The SMILES string of the molecule is CC[C@H](NC(=O)c1cccc(S(=O)(=O)N2CCC(C)CC2)c1)c1ccc(C)cc1C. The molecular formula is C24H32N2O3S. The Morgan fingerprint density at radius 1 is 1.13 bits per heavy atom. The molecule has 2 aromatic carbocycles. The van der Waals surface area contributed by atoms with Crippen LogP contribution in [0.5, 0.6) is 0 Å². The molecule has 1 N–H and O–H groups in total. The Kier molecular flexibility index (Phi) is 6.98. The molecule has 1 saturated heterocycles. The van der Waals surface area contributed by atoms with Gasteiger partial charge in [-0.3, -0.25) is 4.79 Å². The van der Waals surface area contributed by atoms with Crippen molar-refractivity contribution in [1.29, 1.82) is 0 Å². The molecule has 162 valence electrons. The van der Waals surface area contributed by atoms with Crippen LogP contribution < -0.4 is 5.32 Å². The first-order chi connectivity index (χ1) is 14.2. The smallest absolute Gasteiger partial charge is 0.251 e. The summed E-state index contributed by atoms with van der Waals surface area (Å²) in [6.07, 6.45) is 2.49. The van der Waals surface area contributed by atoms with E-state index in [2.05, 4.69) is 24.4 Å². The van der Waals surface area contributed by atoms with E-state index in [0.717, 1.165) is 30.4 Å². The van der Waals surface area contributed by atoms with E-state index in [0.29, 0.717) is 24.6 Å². The van der Waals surface area contributed by atoms with Crippen LogP contribution in [0.2, 0.25) is 0 Å². The summed E-state index contributed by atoms with van der Waals surface area (Å²) in [5.41, 5.74) is 3.77. The van der Waals surface area contributed by atoms with Gasteiger partial charge in [-0.1, -0.05) is 43.7 Å². The van der Waals surface area contributed by atoms with Crippen molar-refractivity contribution < 1.29 is 13.2 Å². The maximum Gasteiger partial charge on any atom is 0.251 e. The Labute approximate surface area is 180 Å². The van der Waals surface area contributed by atoms with Gasteiger partial charge in [0.2, 0.25) is 10.0 Å². The number of sulfonamides is 1. The minimum atomic E-state index is -3.59. The highest BCUT2D eigenvalue weighted by Gasteiger charge is 2.28. The summed E-state index contributed by atoms with van der Waals surface area (Å²) < 4.78 is 27.6. The lowest BCUT2D eigenvalue weighted by Crippen LogP contribution is -2.38. The summed E-state index contributed by atoms with van der Waals surface area (Å²) in [5, 5.41) is 3.08. The second kappa shape index (κ2) is 9.31. The molecule has 0 unspecified atom stereocenters. The Hall–Kier alpha value is -2.18. The van der Waals surface area contributed by atoms with Gasteiger partial charge < -0.3 is 5.32 Å². The first kappa shape index (κ1) is 22.5. The highest BCUT2D eigenvalue weighted by atomic mass is 32.2. The molecule has 3 rings (SSSR count). The van der Waals surface area contributed by atoms with Crippen LogP contribution in [0.3, 0.4) is 0 Å². The molecule has 6 heteroatoms. The Bertz CT molecular complexity index is 1010. The van der Waals surface area contributed by atoms with Crippen LogP contribution in [-0.2, 0) is 10.0 Å². The zero-order valence-corrected chi connectivity index (χ0v) is 19.1. The fourth-order valence-corrected chi connectivity index (χ4v) is 5.55. The lowest BCUT2D eigenvalue weighted by Gasteiger charge is -2.29. The molecule has 1 aliphatic rings. The fourth-order valence-electron chi connectivity index (χ4n) is 4.03. The summed E-state index contributed by atoms with van der Waals surface area (Å²) in [5.74, 6) is 0.288. The van der Waals surface area contributed by atoms with Gasteiger partial charge in [0.05, 0.1) is 10.9 Å². The van der Waals surface area contributed by atoms with Crippen molar-refractivity contribution in [2.24, 2.45) is 5.92 Å². The van der Waals surface area contributed by atoms with Crippen molar-refractivity contribution >= 4 is 15.9 Å². The van der Waals surface area contributed by atoms with E-state index < -0.39 is 10.0 Å². The number of nitrogens with zero attached hydrogens (tertiary/aromatic N) is 1. The standard InChI is InChI=1S/C24H32N2O3S/c1-5-23(22-10-9-18(3)15-19(22)4)25-24(27)20-7-6-8-21(16-20)30(28,29)26-13-11-17(2)12-14-26/h6-10,15-17,23H,5,11-14H2,1-4H3,(H,25,27)/t23-/m0/s1. The third kappa shape index (κ3) is 4.93. The minimum Gasteiger partial charge on any atom is -0.345 e. The zero-order valence-electron chi connectivity index (χ0n) is 18.3. The molecule has 1 atom stereocenters. The molecule has 0 spiro atoms. The first-order valence-electron chi connectivity index (χ1n) is 10.7. The van der Waals surface area contributed by atoms with E-state index in [4.69, 9.17) is 0 Å². The molecule has 0 bridgehead atoms. The van der Waals surface area contributed by atoms with Gasteiger partial charge in [0.15, 0.2) is 0 Å². The molecule has 1 amide bonds. The molecule has 0 radical (unpaired) electrons. The van der Waals surface area contributed by atoms with Gasteiger partial charge in [-0.25, -0.2) is 8.42 Å². The van der Waals surface area contributed by atoms with Crippen LogP contribution >= 0.6 is 0 Å². The van der Waals surface area contributed by atoms with Crippen molar-refractivity contribution in [3.05, 3.63) is 64.7 Å². The second-order valence-corrected chi connectivity index (χ2v) is 10.3. The van der Waals surface area contributed by atoms with Gasteiger partial charge in [-0.05, 0) is 68.4 Å². The van der Waals surface area contributed by atoms with Gasteiger partial charge in [0.25, 0.3) is 5.91 Å². The lowest BCUT2D eigenvalue weighted by molar-refractivity contribution is 0.0935. The van der Waals surface area contributed by atoms with E-state index in [1.54, 1.807) is 18.2 Å². The number of carbonyl (C=O) groups excluding carboxylic acids is 1. The molecule has 5 nitrogen and oxygen atoms in total. The van der Waals surface area contributed by atoms with Gasteiger partial charge in [-0.15, -0.1) is 0 Å². The van der Waals surface area contributed by atoms with Crippen LogP contribution in [0, 0.1) is 19.8 Å². The highest BCUT2D eigenvalue weighted by Crippen LogP contribution is 2.25. The number of nitrogens with one attached hydrogen (secondary N) is 1. The Balaban J connectivity index is 1.80. The average molecular weight is 429 g/mol. The number of rotatable bonds is 6. The van der Waals surface area contributed by atoms with Crippen molar-refractivity contribution in [2.45, 2.75) is 57.9 Å². The zero-order chi connectivity index (χ0) is 21.9. The minimum absolute atomic E-state index is 0.123. The molecule has 0 saturated carbocycles. The van der Waals surface area contributed by atoms with Crippen molar-refractivity contribution in [2.75, 3.05) is 13.1 Å². The summed E-state index contributed by atoms with van der Waals surface area (Å²) in [4.78, 5) is 13.1. The van der Waals surface area contributed by atoms with Gasteiger partial charge >= 0.3 is 0 Å². The van der Waals surface area contributed by atoms with E-state index in [9.17, 15) is 13.2 Å². The number of hydrogen-bond acceptors (Lipinski definition) is 3.